The van der Waals surface area contributed by atoms with Crippen LogP contribution in [0.15, 0.2) is 42.5 Å². The second kappa shape index (κ2) is 6.35. The van der Waals surface area contributed by atoms with Gasteiger partial charge in [-0.3, -0.25) is 0 Å². The summed E-state index contributed by atoms with van der Waals surface area (Å²) in [4.78, 5) is 2.40. The van der Waals surface area contributed by atoms with E-state index in [9.17, 15) is 4.39 Å². The average Bonchev–Trinajstić information content (AvgIpc) is 3.03. The highest BCUT2D eigenvalue weighted by Gasteiger charge is 2.12. The van der Waals surface area contributed by atoms with Crippen molar-refractivity contribution in [1.29, 1.82) is 0 Å². The fourth-order valence-corrected chi connectivity index (χ4v) is 2.76. The Morgan fingerprint density at radius 1 is 1.10 bits per heavy atom. The molecule has 21 heavy (non-hydrogen) atoms. The third kappa shape index (κ3) is 3.48. The van der Waals surface area contributed by atoms with Crippen molar-refractivity contribution in [3.63, 3.8) is 0 Å². The van der Waals surface area contributed by atoms with E-state index in [1.807, 2.05) is 12.1 Å². The van der Waals surface area contributed by atoms with E-state index < -0.39 is 0 Å². The lowest BCUT2D eigenvalue weighted by Gasteiger charge is -2.18. The number of anilines is 2. The summed E-state index contributed by atoms with van der Waals surface area (Å²) in [6, 6.07) is 13.3. The zero-order valence-corrected chi connectivity index (χ0v) is 12.5. The maximum Gasteiger partial charge on any atom is 0.142 e. The number of halogens is 2. The van der Waals surface area contributed by atoms with Crippen molar-refractivity contribution in [2.24, 2.45) is 0 Å². The van der Waals surface area contributed by atoms with E-state index in [-0.39, 0.29) is 10.8 Å². The molecule has 110 valence electrons. The predicted molar refractivity (Wildman–Crippen MR) is 86.6 cm³/mol. The van der Waals surface area contributed by atoms with Crippen LogP contribution >= 0.6 is 11.6 Å². The third-order valence-electron chi connectivity index (χ3n) is 3.80. The number of hydrogen-bond donors (Lipinski definition) is 1. The van der Waals surface area contributed by atoms with Crippen LogP contribution in [-0.4, -0.2) is 13.1 Å². The topological polar surface area (TPSA) is 15.3 Å². The Kier molecular flexibility index (Phi) is 4.30. The van der Waals surface area contributed by atoms with Crippen molar-refractivity contribution in [2.75, 3.05) is 23.3 Å². The zero-order chi connectivity index (χ0) is 14.7. The van der Waals surface area contributed by atoms with Crippen LogP contribution in [-0.2, 0) is 6.54 Å². The van der Waals surface area contributed by atoms with E-state index in [4.69, 9.17) is 11.6 Å². The van der Waals surface area contributed by atoms with Crippen molar-refractivity contribution in [3.05, 3.63) is 58.9 Å². The van der Waals surface area contributed by atoms with Crippen LogP contribution in [0.3, 0.4) is 0 Å². The molecular formula is C17H18ClFN2. The Labute approximate surface area is 129 Å². The van der Waals surface area contributed by atoms with E-state index in [1.54, 1.807) is 6.07 Å². The number of nitrogens with zero attached hydrogens (tertiary/aromatic N) is 1. The van der Waals surface area contributed by atoms with Gasteiger partial charge in [0.1, 0.15) is 5.82 Å². The summed E-state index contributed by atoms with van der Waals surface area (Å²) in [7, 11) is 0. The fraction of sp³-hybridized carbons (Fsp3) is 0.294. The molecule has 1 aliphatic rings. The van der Waals surface area contributed by atoms with Crippen molar-refractivity contribution in [3.8, 4) is 0 Å². The molecule has 1 heterocycles. The smallest absolute Gasteiger partial charge is 0.142 e. The molecular weight excluding hydrogens is 287 g/mol. The van der Waals surface area contributed by atoms with Gasteiger partial charge in [-0.05, 0) is 48.7 Å². The van der Waals surface area contributed by atoms with Gasteiger partial charge in [0, 0.05) is 31.0 Å². The lowest BCUT2D eigenvalue weighted by atomic mass is 10.2. The molecule has 2 aromatic rings. The molecule has 1 saturated heterocycles. The fourth-order valence-electron chi connectivity index (χ4n) is 2.64. The average molecular weight is 305 g/mol. The van der Waals surface area contributed by atoms with Crippen molar-refractivity contribution in [1.82, 2.24) is 0 Å². The van der Waals surface area contributed by atoms with Crippen LogP contribution in [0.1, 0.15) is 18.4 Å². The van der Waals surface area contributed by atoms with Crippen LogP contribution in [0.25, 0.3) is 0 Å². The minimum Gasteiger partial charge on any atom is -0.381 e. The number of nitrogens with one attached hydrogen (secondary N) is 1. The monoisotopic (exact) mass is 304 g/mol. The molecule has 0 radical (unpaired) electrons. The molecule has 0 bridgehead atoms. The summed E-state index contributed by atoms with van der Waals surface area (Å²) in [5.41, 5.74) is 3.18. The van der Waals surface area contributed by atoms with Gasteiger partial charge in [-0.1, -0.05) is 23.7 Å². The highest BCUT2D eigenvalue weighted by atomic mass is 35.5. The van der Waals surface area contributed by atoms with E-state index in [2.05, 4.69) is 28.4 Å². The Bertz CT molecular complexity index is 624. The minimum absolute atomic E-state index is 0.162. The molecule has 1 fully saturated rings. The maximum atomic E-state index is 13.4. The van der Waals surface area contributed by atoms with E-state index in [0.717, 1.165) is 24.3 Å². The third-order valence-corrected chi connectivity index (χ3v) is 4.10. The normalized spacial score (nSPS) is 14.5. The first-order chi connectivity index (χ1) is 10.2. The second-order valence-electron chi connectivity index (χ2n) is 5.35. The summed E-state index contributed by atoms with van der Waals surface area (Å²) in [5, 5.41) is 3.50. The SMILES string of the molecule is Fc1cc(CNc2cccc(N3CCCC3)c2)ccc1Cl. The number of rotatable bonds is 4. The Balaban J connectivity index is 1.67. The Hall–Kier alpha value is -1.74. The van der Waals surface area contributed by atoms with Gasteiger partial charge < -0.3 is 10.2 Å². The predicted octanol–water partition coefficient (Wildman–Crippen LogP) is 4.69. The van der Waals surface area contributed by atoms with Gasteiger partial charge in [0.25, 0.3) is 0 Å². The first-order valence-electron chi connectivity index (χ1n) is 7.25. The van der Waals surface area contributed by atoms with Gasteiger partial charge in [0.2, 0.25) is 0 Å². The summed E-state index contributed by atoms with van der Waals surface area (Å²) in [6.07, 6.45) is 2.53. The van der Waals surface area contributed by atoms with Crippen molar-refractivity contribution >= 4 is 23.0 Å². The minimum atomic E-state index is -0.373. The molecule has 2 nitrogen and oxygen atoms in total. The quantitative estimate of drug-likeness (QED) is 0.881. The molecule has 4 heteroatoms. The summed E-state index contributed by atoms with van der Waals surface area (Å²) >= 11 is 5.69. The van der Waals surface area contributed by atoms with E-state index in [1.165, 1.54) is 24.6 Å². The number of benzene rings is 2. The highest BCUT2D eigenvalue weighted by molar-refractivity contribution is 6.30. The van der Waals surface area contributed by atoms with Crippen LogP contribution < -0.4 is 10.2 Å². The molecule has 1 aliphatic heterocycles. The molecule has 2 aromatic carbocycles. The molecule has 0 amide bonds. The maximum absolute atomic E-state index is 13.4. The standard InChI is InChI=1S/C17H18ClFN2/c18-16-7-6-13(10-17(16)19)12-20-14-4-3-5-15(11-14)21-8-1-2-9-21/h3-7,10-11,20H,1-2,8-9,12H2. The van der Waals surface area contributed by atoms with Crippen LogP contribution in [0.5, 0.6) is 0 Å². The summed E-state index contributed by atoms with van der Waals surface area (Å²) < 4.78 is 13.4. The van der Waals surface area contributed by atoms with Crippen LogP contribution in [0.4, 0.5) is 15.8 Å². The van der Waals surface area contributed by atoms with Gasteiger partial charge in [-0.25, -0.2) is 4.39 Å². The van der Waals surface area contributed by atoms with Gasteiger partial charge in [0.05, 0.1) is 5.02 Å². The molecule has 0 aromatic heterocycles. The molecule has 1 N–H and O–H groups in total. The molecule has 0 aliphatic carbocycles. The van der Waals surface area contributed by atoms with Crippen LogP contribution in [0, 0.1) is 5.82 Å². The van der Waals surface area contributed by atoms with Gasteiger partial charge in [0.15, 0.2) is 0 Å². The lowest BCUT2D eigenvalue weighted by molar-refractivity contribution is 0.626. The highest BCUT2D eigenvalue weighted by Crippen LogP contribution is 2.24. The first-order valence-corrected chi connectivity index (χ1v) is 7.63. The van der Waals surface area contributed by atoms with Gasteiger partial charge in [-0.2, -0.15) is 0 Å². The van der Waals surface area contributed by atoms with Crippen LogP contribution in [0.2, 0.25) is 5.02 Å². The van der Waals surface area contributed by atoms with Crippen molar-refractivity contribution < 1.29 is 4.39 Å². The molecule has 0 spiro atoms. The molecule has 0 saturated carbocycles. The summed E-state index contributed by atoms with van der Waals surface area (Å²) in [5.74, 6) is -0.373. The lowest BCUT2D eigenvalue weighted by Crippen LogP contribution is -2.17. The Morgan fingerprint density at radius 2 is 1.90 bits per heavy atom. The number of hydrogen-bond acceptors (Lipinski definition) is 2. The Morgan fingerprint density at radius 3 is 2.67 bits per heavy atom. The molecule has 0 atom stereocenters. The van der Waals surface area contributed by atoms with E-state index in [0.29, 0.717) is 6.54 Å². The van der Waals surface area contributed by atoms with Gasteiger partial charge in [-0.15, -0.1) is 0 Å². The zero-order valence-electron chi connectivity index (χ0n) is 11.8. The second-order valence-corrected chi connectivity index (χ2v) is 5.75. The van der Waals surface area contributed by atoms with E-state index >= 15 is 0 Å². The largest absolute Gasteiger partial charge is 0.381 e. The summed E-state index contributed by atoms with van der Waals surface area (Å²) in [6.45, 7) is 2.84. The molecule has 3 rings (SSSR count). The first kappa shape index (κ1) is 14.2. The molecule has 0 unspecified atom stereocenters. The van der Waals surface area contributed by atoms with Crippen molar-refractivity contribution in [2.45, 2.75) is 19.4 Å². The van der Waals surface area contributed by atoms with Gasteiger partial charge >= 0.3 is 0 Å².